The van der Waals surface area contributed by atoms with Crippen molar-refractivity contribution in [3.8, 4) is 11.5 Å². The molecule has 0 fully saturated rings. The minimum Gasteiger partial charge on any atom is -0.493 e. The smallest absolute Gasteiger partial charge is 0.269 e. The Balaban J connectivity index is 0.00000300. The van der Waals surface area contributed by atoms with Gasteiger partial charge in [-0.15, -0.1) is 19.0 Å². The van der Waals surface area contributed by atoms with Gasteiger partial charge in [0.05, 0.1) is 19.1 Å². The molecule has 2 aromatic rings. The minimum absolute atomic E-state index is 0. The van der Waals surface area contributed by atoms with Crippen LogP contribution in [-0.2, 0) is 12.8 Å². The van der Waals surface area contributed by atoms with E-state index in [1.807, 2.05) is 18.2 Å². The van der Waals surface area contributed by atoms with E-state index in [-0.39, 0.29) is 29.1 Å². The number of halogens is 1. The van der Waals surface area contributed by atoms with E-state index in [4.69, 9.17) is 9.47 Å². The Labute approximate surface area is 177 Å². The summed E-state index contributed by atoms with van der Waals surface area (Å²) in [5, 5.41) is 10.8. The van der Waals surface area contributed by atoms with Crippen LogP contribution in [-0.4, -0.2) is 37.1 Å². The maximum Gasteiger partial charge on any atom is 0.269 e. The van der Waals surface area contributed by atoms with Gasteiger partial charge < -0.3 is 9.47 Å². The number of nitrogens with zero attached hydrogens (tertiary/aromatic N) is 2. The summed E-state index contributed by atoms with van der Waals surface area (Å²) >= 11 is 0. The van der Waals surface area contributed by atoms with Gasteiger partial charge in [0.1, 0.15) is 0 Å². The van der Waals surface area contributed by atoms with Crippen molar-refractivity contribution in [2.75, 3.05) is 27.3 Å². The van der Waals surface area contributed by atoms with Crippen molar-refractivity contribution in [1.29, 1.82) is 0 Å². The topological polar surface area (TPSA) is 64.8 Å². The van der Waals surface area contributed by atoms with Crippen LogP contribution in [0.3, 0.4) is 0 Å². The summed E-state index contributed by atoms with van der Waals surface area (Å²) in [6.07, 6.45) is 4.64. The van der Waals surface area contributed by atoms with Crippen LogP contribution in [0.1, 0.15) is 29.2 Å². The van der Waals surface area contributed by atoms with E-state index in [1.54, 1.807) is 26.4 Å². The lowest BCUT2D eigenvalue weighted by Gasteiger charge is -2.37. The fraction of sp³-hybridized carbons (Fsp3) is 0.364. The Morgan fingerprint density at radius 3 is 2.45 bits per heavy atom. The van der Waals surface area contributed by atoms with E-state index in [0.717, 1.165) is 49.4 Å². The molecule has 0 aromatic heterocycles. The normalized spacial score (nSPS) is 15.7. The van der Waals surface area contributed by atoms with E-state index in [2.05, 4.69) is 23.6 Å². The molecule has 7 heteroatoms. The molecule has 1 aliphatic rings. The van der Waals surface area contributed by atoms with Crippen LogP contribution in [0, 0.1) is 10.1 Å². The predicted molar refractivity (Wildman–Crippen MR) is 116 cm³/mol. The number of non-ortho nitro benzene ring substituents is 1. The number of nitro groups is 1. The first-order valence-corrected chi connectivity index (χ1v) is 9.40. The highest BCUT2D eigenvalue weighted by Gasteiger charge is 2.28. The van der Waals surface area contributed by atoms with Gasteiger partial charge in [0.2, 0.25) is 0 Å². The van der Waals surface area contributed by atoms with Gasteiger partial charge >= 0.3 is 0 Å². The number of aryl methyl sites for hydroxylation is 1. The van der Waals surface area contributed by atoms with Crippen molar-refractivity contribution in [2.24, 2.45) is 0 Å². The number of methoxy groups -OCH3 is 2. The largest absolute Gasteiger partial charge is 0.493 e. The number of rotatable bonds is 8. The van der Waals surface area contributed by atoms with Gasteiger partial charge in [-0.2, -0.15) is 0 Å². The summed E-state index contributed by atoms with van der Waals surface area (Å²) in [7, 11) is 3.31. The molecule has 0 aliphatic carbocycles. The van der Waals surface area contributed by atoms with Crippen LogP contribution in [0.4, 0.5) is 5.69 Å². The summed E-state index contributed by atoms with van der Waals surface area (Å²) in [5.41, 5.74) is 3.76. The Morgan fingerprint density at radius 1 is 1.21 bits per heavy atom. The summed E-state index contributed by atoms with van der Waals surface area (Å²) in [6, 6.07) is 11.2. The zero-order valence-corrected chi connectivity index (χ0v) is 17.6. The van der Waals surface area contributed by atoms with Crippen LogP contribution in [0.25, 0.3) is 0 Å². The zero-order valence-electron chi connectivity index (χ0n) is 16.8. The lowest BCUT2D eigenvalue weighted by Crippen LogP contribution is -2.36. The van der Waals surface area contributed by atoms with Crippen molar-refractivity contribution in [2.45, 2.75) is 25.3 Å². The molecule has 0 N–H and O–H groups in total. The van der Waals surface area contributed by atoms with Crippen LogP contribution in [0.2, 0.25) is 0 Å². The molecule has 1 heterocycles. The second kappa shape index (κ2) is 10.3. The van der Waals surface area contributed by atoms with Crippen LogP contribution < -0.4 is 9.47 Å². The SMILES string of the molecule is C=CCN1CCc2cc(OC)c(OC)cc2C1CCc1ccc([N+](=O)[O-])cc1.Cl. The number of hydrogen-bond donors (Lipinski definition) is 0. The first-order chi connectivity index (χ1) is 13.6. The third-order valence-electron chi connectivity index (χ3n) is 5.33. The number of hydrogen-bond acceptors (Lipinski definition) is 5. The van der Waals surface area contributed by atoms with Gasteiger partial charge in [0, 0.05) is 31.3 Å². The van der Waals surface area contributed by atoms with Crippen molar-refractivity contribution >= 4 is 18.1 Å². The Bertz CT molecular complexity index is 855. The highest BCUT2D eigenvalue weighted by atomic mass is 35.5. The molecule has 0 amide bonds. The van der Waals surface area contributed by atoms with E-state index in [0.29, 0.717) is 0 Å². The monoisotopic (exact) mass is 418 g/mol. The number of nitro benzene ring substituents is 1. The van der Waals surface area contributed by atoms with Crippen LogP contribution in [0.15, 0.2) is 49.1 Å². The molecule has 0 bridgehead atoms. The maximum atomic E-state index is 10.8. The van der Waals surface area contributed by atoms with E-state index in [9.17, 15) is 10.1 Å². The summed E-state index contributed by atoms with van der Waals surface area (Å²) in [4.78, 5) is 12.9. The molecule has 2 aromatic carbocycles. The molecule has 0 radical (unpaired) electrons. The fourth-order valence-corrected chi connectivity index (χ4v) is 3.89. The first-order valence-electron chi connectivity index (χ1n) is 9.40. The minimum atomic E-state index is -0.368. The molecule has 1 aliphatic heterocycles. The number of ether oxygens (including phenoxy) is 2. The van der Waals surface area contributed by atoms with E-state index < -0.39 is 0 Å². The molecular weight excluding hydrogens is 392 g/mol. The Kier molecular flexibility index (Phi) is 8.05. The molecule has 3 rings (SSSR count). The molecular formula is C22H27ClN2O4. The molecule has 1 unspecified atom stereocenters. The van der Waals surface area contributed by atoms with Gasteiger partial charge in [0.15, 0.2) is 11.5 Å². The quantitative estimate of drug-likeness (QED) is 0.351. The van der Waals surface area contributed by atoms with Crippen molar-refractivity contribution in [1.82, 2.24) is 4.90 Å². The Morgan fingerprint density at radius 2 is 1.86 bits per heavy atom. The molecule has 0 saturated heterocycles. The standard InChI is InChI=1S/C22H26N2O4.ClH/c1-4-12-23-13-11-17-14-21(27-2)22(28-3)15-19(17)20(23)10-7-16-5-8-18(9-6-16)24(25)26;/h4-6,8-9,14-15,20H,1,7,10-13H2,2-3H3;1H. The molecule has 1 atom stereocenters. The molecule has 0 saturated carbocycles. The average Bonchev–Trinajstić information content (AvgIpc) is 2.72. The van der Waals surface area contributed by atoms with Crippen molar-refractivity contribution < 1.29 is 14.4 Å². The highest BCUT2D eigenvalue weighted by molar-refractivity contribution is 5.85. The number of benzene rings is 2. The lowest BCUT2D eigenvalue weighted by atomic mass is 9.88. The average molecular weight is 419 g/mol. The highest BCUT2D eigenvalue weighted by Crippen LogP contribution is 2.39. The van der Waals surface area contributed by atoms with Gasteiger partial charge in [-0.25, -0.2) is 0 Å². The summed E-state index contributed by atoms with van der Waals surface area (Å²) < 4.78 is 11.0. The van der Waals surface area contributed by atoms with Gasteiger partial charge in [0.25, 0.3) is 5.69 Å². The summed E-state index contributed by atoms with van der Waals surface area (Å²) in [5.74, 6) is 1.49. The van der Waals surface area contributed by atoms with Gasteiger partial charge in [-0.3, -0.25) is 15.0 Å². The molecule has 156 valence electrons. The second-order valence-electron chi connectivity index (χ2n) is 6.92. The van der Waals surface area contributed by atoms with E-state index >= 15 is 0 Å². The molecule has 6 nitrogen and oxygen atoms in total. The third-order valence-corrected chi connectivity index (χ3v) is 5.33. The molecule has 0 spiro atoms. The van der Waals surface area contributed by atoms with Gasteiger partial charge in [-0.1, -0.05) is 18.2 Å². The van der Waals surface area contributed by atoms with Crippen LogP contribution >= 0.6 is 12.4 Å². The van der Waals surface area contributed by atoms with Gasteiger partial charge in [-0.05, 0) is 48.1 Å². The predicted octanol–water partition coefficient (Wildman–Crippen LogP) is 4.75. The lowest BCUT2D eigenvalue weighted by molar-refractivity contribution is -0.384. The third kappa shape index (κ3) is 5.08. The zero-order chi connectivity index (χ0) is 20.1. The van der Waals surface area contributed by atoms with Crippen molar-refractivity contribution in [3.05, 3.63) is 75.9 Å². The first kappa shape index (κ1) is 22.7. The molecule has 29 heavy (non-hydrogen) atoms. The van der Waals surface area contributed by atoms with Crippen LogP contribution in [0.5, 0.6) is 11.5 Å². The van der Waals surface area contributed by atoms with Crippen molar-refractivity contribution in [3.63, 3.8) is 0 Å². The maximum absolute atomic E-state index is 10.8. The fourth-order valence-electron chi connectivity index (χ4n) is 3.89. The second-order valence-corrected chi connectivity index (χ2v) is 6.92. The Hall–Kier alpha value is -2.57. The van der Waals surface area contributed by atoms with E-state index in [1.165, 1.54) is 11.1 Å². The summed E-state index contributed by atoms with van der Waals surface area (Å²) in [6.45, 7) is 5.68. The number of fused-ring (bicyclic) bond motifs is 1.